The highest BCUT2D eigenvalue weighted by atomic mass is 32.2. The fourth-order valence-corrected chi connectivity index (χ4v) is 5.29. The molecule has 0 atom stereocenters. The maximum atomic E-state index is 13.3. The van der Waals surface area contributed by atoms with Gasteiger partial charge in [-0.05, 0) is 32.0 Å². The molecular formula is C15H13FN2O3S2. The molecule has 3 aromatic rings. The summed E-state index contributed by atoms with van der Waals surface area (Å²) in [6.07, 6.45) is 1.46. The molecule has 0 amide bonds. The van der Waals surface area contributed by atoms with Gasteiger partial charge in [-0.25, -0.2) is 12.8 Å². The Morgan fingerprint density at radius 2 is 2.00 bits per heavy atom. The van der Waals surface area contributed by atoms with E-state index in [-0.39, 0.29) is 10.6 Å². The molecule has 0 saturated heterocycles. The Bertz CT molecular complexity index is 947. The maximum Gasteiger partial charge on any atom is 0.263 e. The van der Waals surface area contributed by atoms with Crippen molar-refractivity contribution in [2.24, 2.45) is 0 Å². The van der Waals surface area contributed by atoms with E-state index in [0.717, 1.165) is 10.9 Å². The number of anilines is 1. The molecule has 0 radical (unpaired) electrons. The van der Waals surface area contributed by atoms with Crippen molar-refractivity contribution in [3.63, 3.8) is 0 Å². The second kappa shape index (κ2) is 5.78. The Balaban J connectivity index is 2.11. The third-order valence-corrected chi connectivity index (χ3v) is 5.94. The summed E-state index contributed by atoms with van der Waals surface area (Å²) in [5.74, 6) is -0.134. The summed E-state index contributed by atoms with van der Waals surface area (Å²) >= 11 is 1.35. The topological polar surface area (TPSA) is 72.2 Å². The van der Waals surface area contributed by atoms with Crippen LogP contribution in [0.1, 0.15) is 9.75 Å². The molecule has 0 unspecified atom stereocenters. The zero-order valence-electron chi connectivity index (χ0n) is 12.3. The van der Waals surface area contributed by atoms with Gasteiger partial charge in [-0.1, -0.05) is 11.2 Å². The van der Waals surface area contributed by atoms with Crippen LogP contribution in [0, 0.1) is 19.7 Å². The van der Waals surface area contributed by atoms with Crippen molar-refractivity contribution in [2.75, 3.05) is 4.72 Å². The first-order valence-corrected chi connectivity index (χ1v) is 8.98. The lowest BCUT2D eigenvalue weighted by Gasteiger charge is -2.09. The number of hydrogen-bond acceptors (Lipinski definition) is 5. The molecular weight excluding hydrogens is 339 g/mol. The van der Waals surface area contributed by atoms with E-state index in [1.807, 2.05) is 6.92 Å². The Labute approximate surface area is 136 Å². The van der Waals surface area contributed by atoms with Crippen molar-refractivity contribution in [3.8, 4) is 11.3 Å². The van der Waals surface area contributed by atoms with E-state index < -0.39 is 15.8 Å². The highest BCUT2D eigenvalue weighted by Gasteiger charge is 2.28. The van der Waals surface area contributed by atoms with Gasteiger partial charge in [-0.15, -0.1) is 11.3 Å². The first kappa shape index (κ1) is 15.7. The molecule has 2 heterocycles. The number of thiophene rings is 1. The second-order valence-electron chi connectivity index (χ2n) is 4.91. The van der Waals surface area contributed by atoms with Crippen molar-refractivity contribution in [1.82, 2.24) is 5.16 Å². The fraction of sp³-hybridized carbons (Fsp3) is 0.133. The van der Waals surface area contributed by atoms with E-state index in [4.69, 9.17) is 4.52 Å². The fourth-order valence-electron chi connectivity index (χ4n) is 2.37. The molecule has 8 heteroatoms. The lowest BCUT2D eigenvalue weighted by Crippen LogP contribution is -2.14. The summed E-state index contributed by atoms with van der Waals surface area (Å²) < 4.78 is 46.4. The largest absolute Gasteiger partial charge is 0.356 e. The lowest BCUT2D eigenvalue weighted by molar-refractivity contribution is 0.431. The van der Waals surface area contributed by atoms with Gasteiger partial charge in [0, 0.05) is 15.8 Å². The molecule has 0 aliphatic carbocycles. The van der Waals surface area contributed by atoms with E-state index in [1.165, 1.54) is 35.7 Å². The van der Waals surface area contributed by atoms with Gasteiger partial charge in [0.05, 0.1) is 17.4 Å². The molecule has 0 aliphatic rings. The monoisotopic (exact) mass is 352 g/mol. The van der Waals surface area contributed by atoms with E-state index in [2.05, 4.69) is 9.88 Å². The van der Waals surface area contributed by atoms with Crippen molar-refractivity contribution in [2.45, 2.75) is 18.7 Å². The summed E-state index contributed by atoms with van der Waals surface area (Å²) in [5.41, 5.74) is 0.644. The van der Waals surface area contributed by atoms with Crippen LogP contribution in [0.25, 0.3) is 11.3 Å². The molecule has 0 spiro atoms. The van der Waals surface area contributed by atoms with Crippen LogP contribution in [0.2, 0.25) is 0 Å². The summed E-state index contributed by atoms with van der Waals surface area (Å²) in [6, 6.07) is 6.91. The van der Waals surface area contributed by atoms with Crippen LogP contribution in [-0.2, 0) is 10.0 Å². The number of aryl methyl sites for hydroxylation is 2. The lowest BCUT2D eigenvalue weighted by atomic mass is 10.2. The first-order chi connectivity index (χ1) is 10.9. The standard InChI is InChI=1S/C15H13FN2O3S2/c1-9-14(13-6-7-17-21-13)15(10(2)22-9)23(19,20)18-12-5-3-4-11(16)8-12/h3-8,18H,1-2H3. The van der Waals surface area contributed by atoms with Crippen LogP contribution in [-0.4, -0.2) is 13.6 Å². The number of aromatic nitrogens is 1. The summed E-state index contributed by atoms with van der Waals surface area (Å²) in [6.45, 7) is 3.54. The van der Waals surface area contributed by atoms with Crippen molar-refractivity contribution in [1.29, 1.82) is 0 Å². The number of hydrogen-bond donors (Lipinski definition) is 1. The Kier molecular flexibility index (Phi) is 3.95. The second-order valence-corrected chi connectivity index (χ2v) is 7.96. The Morgan fingerprint density at radius 1 is 1.22 bits per heavy atom. The smallest absolute Gasteiger partial charge is 0.263 e. The first-order valence-electron chi connectivity index (χ1n) is 6.68. The van der Waals surface area contributed by atoms with Gasteiger partial charge >= 0.3 is 0 Å². The van der Waals surface area contributed by atoms with Gasteiger partial charge in [-0.2, -0.15) is 0 Å². The van der Waals surface area contributed by atoms with Crippen molar-refractivity contribution in [3.05, 3.63) is 52.1 Å². The maximum absolute atomic E-state index is 13.3. The molecule has 0 bridgehead atoms. The molecule has 1 aromatic carbocycles. The molecule has 0 saturated carbocycles. The third-order valence-electron chi connectivity index (χ3n) is 3.23. The predicted molar refractivity (Wildman–Crippen MR) is 86.5 cm³/mol. The van der Waals surface area contributed by atoms with Gasteiger partial charge in [-0.3, -0.25) is 4.72 Å². The van der Waals surface area contributed by atoms with Gasteiger partial charge in [0.25, 0.3) is 10.0 Å². The van der Waals surface area contributed by atoms with Crippen LogP contribution < -0.4 is 4.72 Å². The van der Waals surface area contributed by atoms with Crippen LogP contribution in [0.5, 0.6) is 0 Å². The number of rotatable bonds is 4. The van der Waals surface area contributed by atoms with Crippen LogP contribution in [0.4, 0.5) is 10.1 Å². The molecule has 0 fully saturated rings. The number of nitrogens with one attached hydrogen (secondary N) is 1. The van der Waals surface area contributed by atoms with Crippen molar-refractivity contribution < 1.29 is 17.3 Å². The average Bonchev–Trinajstić information content (AvgIpc) is 3.05. The zero-order chi connectivity index (χ0) is 16.6. The number of halogens is 1. The molecule has 120 valence electrons. The molecule has 0 aliphatic heterocycles. The number of sulfonamides is 1. The molecule has 2 aromatic heterocycles. The zero-order valence-corrected chi connectivity index (χ0v) is 14.0. The summed E-state index contributed by atoms with van der Waals surface area (Å²) in [5, 5.41) is 3.63. The van der Waals surface area contributed by atoms with Crippen LogP contribution in [0.3, 0.4) is 0 Å². The number of benzene rings is 1. The summed E-state index contributed by atoms with van der Waals surface area (Å²) in [7, 11) is -3.89. The minimum atomic E-state index is -3.89. The highest BCUT2D eigenvalue weighted by molar-refractivity contribution is 7.93. The molecule has 1 N–H and O–H groups in total. The Morgan fingerprint density at radius 3 is 2.65 bits per heavy atom. The van der Waals surface area contributed by atoms with Gasteiger partial charge < -0.3 is 4.52 Å². The molecule has 5 nitrogen and oxygen atoms in total. The quantitative estimate of drug-likeness (QED) is 0.771. The SMILES string of the molecule is Cc1sc(C)c(S(=O)(=O)Nc2cccc(F)c2)c1-c1ccno1. The normalized spacial score (nSPS) is 11.6. The predicted octanol–water partition coefficient (Wildman–Crippen LogP) is 3.96. The Hall–Kier alpha value is -2.19. The third kappa shape index (κ3) is 2.99. The van der Waals surface area contributed by atoms with Crippen molar-refractivity contribution >= 4 is 27.0 Å². The molecule has 3 rings (SSSR count). The number of nitrogens with zero attached hydrogens (tertiary/aromatic N) is 1. The summed E-state index contributed by atoms with van der Waals surface area (Å²) in [4.78, 5) is 1.55. The van der Waals surface area contributed by atoms with Crippen LogP contribution in [0.15, 0.2) is 45.9 Å². The van der Waals surface area contributed by atoms with Crippen LogP contribution >= 0.6 is 11.3 Å². The van der Waals surface area contributed by atoms with E-state index in [1.54, 1.807) is 13.0 Å². The minimum Gasteiger partial charge on any atom is -0.356 e. The van der Waals surface area contributed by atoms with E-state index in [0.29, 0.717) is 16.2 Å². The van der Waals surface area contributed by atoms with Gasteiger partial charge in [0.15, 0.2) is 5.76 Å². The van der Waals surface area contributed by atoms with E-state index in [9.17, 15) is 12.8 Å². The van der Waals surface area contributed by atoms with E-state index >= 15 is 0 Å². The minimum absolute atomic E-state index is 0.126. The van der Waals surface area contributed by atoms with Gasteiger partial charge in [0.1, 0.15) is 10.7 Å². The highest BCUT2D eigenvalue weighted by Crippen LogP contribution is 2.39. The molecule has 23 heavy (non-hydrogen) atoms. The van der Waals surface area contributed by atoms with Gasteiger partial charge in [0.2, 0.25) is 0 Å². The average molecular weight is 352 g/mol.